The lowest BCUT2D eigenvalue weighted by Crippen LogP contribution is -2.28. The van der Waals surface area contributed by atoms with Crippen LogP contribution >= 0.6 is 23.2 Å². The van der Waals surface area contributed by atoms with Crippen LogP contribution in [0.2, 0.25) is 10.0 Å². The van der Waals surface area contributed by atoms with Gasteiger partial charge in [-0.3, -0.25) is 4.79 Å². The molecule has 0 aliphatic carbocycles. The molecule has 4 nitrogen and oxygen atoms in total. The van der Waals surface area contributed by atoms with E-state index in [-0.39, 0.29) is 18.9 Å². The van der Waals surface area contributed by atoms with Crippen LogP contribution in [-0.4, -0.2) is 24.4 Å². The highest BCUT2D eigenvalue weighted by Crippen LogP contribution is 2.25. The molecular formula is C18H16Cl2N2O2. The molecule has 0 fully saturated rings. The summed E-state index contributed by atoms with van der Waals surface area (Å²) in [7, 11) is 1.66. The van der Waals surface area contributed by atoms with Crippen LogP contribution in [0.1, 0.15) is 22.3 Å². The number of hydrogen-bond acceptors (Lipinski definition) is 3. The van der Waals surface area contributed by atoms with Gasteiger partial charge in [-0.1, -0.05) is 41.4 Å². The standard InChI is InChI=1S/C18H16Cl2N2O2/c1-22(10-4-9-21)18(23)15-5-2-3-6-17(15)24-12-13-7-8-14(19)11-16(13)20/h2-3,5-8,11H,4,10,12H2,1H3. The monoisotopic (exact) mass is 362 g/mol. The smallest absolute Gasteiger partial charge is 0.257 e. The molecule has 2 aromatic carbocycles. The summed E-state index contributed by atoms with van der Waals surface area (Å²) >= 11 is 12.0. The van der Waals surface area contributed by atoms with Gasteiger partial charge in [-0.15, -0.1) is 0 Å². The molecule has 1 amide bonds. The maximum atomic E-state index is 12.5. The van der Waals surface area contributed by atoms with Gasteiger partial charge in [0, 0.05) is 29.2 Å². The van der Waals surface area contributed by atoms with Crippen molar-refractivity contribution in [2.75, 3.05) is 13.6 Å². The van der Waals surface area contributed by atoms with Crippen LogP contribution in [0.4, 0.5) is 0 Å². The zero-order valence-electron chi connectivity index (χ0n) is 13.1. The summed E-state index contributed by atoms with van der Waals surface area (Å²) in [4.78, 5) is 14.0. The topological polar surface area (TPSA) is 53.3 Å². The molecule has 124 valence electrons. The molecule has 2 rings (SSSR count). The Balaban J connectivity index is 2.14. The maximum absolute atomic E-state index is 12.5. The van der Waals surface area contributed by atoms with Gasteiger partial charge in [-0.05, 0) is 24.3 Å². The van der Waals surface area contributed by atoms with Crippen molar-refractivity contribution in [1.82, 2.24) is 4.90 Å². The first-order chi connectivity index (χ1) is 11.5. The molecule has 2 aromatic rings. The fraction of sp³-hybridized carbons (Fsp3) is 0.222. The van der Waals surface area contributed by atoms with Crippen molar-refractivity contribution in [1.29, 1.82) is 5.26 Å². The van der Waals surface area contributed by atoms with E-state index in [2.05, 4.69) is 0 Å². The third kappa shape index (κ3) is 4.64. The van der Waals surface area contributed by atoms with Crippen molar-refractivity contribution in [3.63, 3.8) is 0 Å². The van der Waals surface area contributed by atoms with E-state index in [9.17, 15) is 4.79 Å². The Bertz CT molecular complexity index is 772. The lowest BCUT2D eigenvalue weighted by Gasteiger charge is -2.18. The Hall–Kier alpha value is -2.22. The summed E-state index contributed by atoms with van der Waals surface area (Å²) in [6, 6.07) is 14.2. The summed E-state index contributed by atoms with van der Waals surface area (Å²) in [5, 5.41) is 9.71. The second kappa shape index (κ2) is 8.58. The van der Waals surface area contributed by atoms with Crippen LogP contribution < -0.4 is 4.74 Å². The van der Waals surface area contributed by atoms with Crippen LogP contribution in [-0.2, 0) is 6.61 Å². The predicted octanol–water partition coefficient (Wildman–Crippen LogP) is 4.56. The van der Waals surface area contributed by atoms with Gasteiger partial charge in [-0.2, -0.15) is 5.26 Å². The second-order valence-corrected chi connectivity index (χ2v) is 6.00. The van der Waals surface area contributed by atoms with Crippen LogP contribution in [0.3, 0.4) is 0 Å². The van der Waals surface area contributed by atoms with Gasteiger partial charge in [0.1, 0.15) is 12.4 Å². The number of amides is 1. The average Bonchev–Trinajstić information content (AvgIpc) is 2.58. The van der Waals surface area contributed by atoms with E-state index in [1.165, 1.54) is 4.90 Å². The van der Waals surface area contributed by atoms with Crippen molar-refractivity contribution in [2.45, 2.75) is 13.0 Å². The first-order valence-corrected chi connectivity index (χ1v) is 8.06. The van der Waals surface area contributed by atoms with Crippen LogP contribution in [0.5, 0.6) is 5.75 Å². The van der Waals surface area contributed by atoms with E-state index >= 15 is 0 Å². The lowest BCUT2D eigenvalue weighted by molar-refractivity contribution is 0.0793. The molecule has 0 aromatic heterocycles. The molecule has 0 N–H and O–H groups in total. The number of hydrogen-bond donors (Lipinski definition) is 0. The highest BCUT2D eigenvalue weighted by molar-refractivity contribution is 6.35. The van der Waals surface area contributed by atoms with E-state index in [1.807, 2.05) is 6.07 Å². The van der Waals surface area contributed by atoms with Crippen LogP contribution in [0.15, 0.2) is 42.5 Å². The number of benzene rings is 2. The predicted molar refractivity (Wildman–Crippen MR) is 94.4 cm³/mol. The Morgan fingerprint density at radius 3 is 2.71 bits per heavy atom. The molecule has 0 heterocycles. The third-order valence-corrected chi connectivity index (χ3v) is 4.01. The van der Waals surface area contributed by atoms with Crippen LogP contribution in [0.25, 0.3) is 0 Å². The number of nitrogens with zero attached hydrogens (tertiary/aromatic N) is 2. The van der Waals surface area contributed by atoms with E-state index < -0.39 is 0 Å². The molecule has 0 aliphatic rings. The first-order valence-electron chi connectivity index (χ1n) is 7.31. The molecule has 0 unspecified atom stereocenters. The Kier molecular flexibility index (Phi) is 6.48. The molecule has 24 heavy (non-hydrogen) atoms. The normalized spacial score (nSPS) is 10.1. The lowest BCUT2D eigenvalue weighted by atomic mass is 10.1. The number of carbonyl (C=O) groups excluding carboxylic acids is 1. The van der Waals surface area contributed by atoms with Crippen LogP contribution in [0, 0.1) is 11.3 Å². The average molecular weight is 363 g/mol. The maximum Gasteiger partial charge on any atom is 0.257 e. The minimum absolute atomic E-state index is 0.192. The zero-order valence-corrected chi connectivity index (χ0v) is 14.6. The largest absolute Gasteiger partial charge is 0.488 e. The number of nitriles is 1. The van der Waals surface area contributed by atoms with Gasteiger partial charge in [0.2, 0.25) is 0 Å². The number of rotatable bonds is 6. The second-order valence-electron chi connectivity index (χ2n) is 5.16. The van der Waals surface area contributed by atoms with E-state index in [4.69, 9.17) is 33.2 Å². The van der Waals surface area contributed by atoms with Gasteiger partial charge >= 0.3 is 0 Å². The summed E-state index contributed by atoms with van der Waals surface area (Å²) in [5.41, 5.74) is 1.23. The molecular weight excluding hydrogens is 347 g/mol. The molecule has 0 saturated carbocycles. The fourth-order valence-electron chi connectivity index (χ4n) is 2.09. The fourth-order valence-corrected chi connectivity index (χ4v) is 2.55. The Morgan fingerprint density at radius 2 is 2.00 bits per heavy atom. The quantitative estimate of drug-likeness (QED) is 0.756. The molecule has 0 atom stereocenters. The van der Waals surface area contributed by atoms with Crippen molar-refractivity contribution in [2.24, 2.45) is 0 Å². The van der Waals surface area contributed by atoms with Gasteiger partial charge in [0.05, 0.1) is 18.1 Å². The minimum Gasteiger partial charge on any atom is -0.488 e. The van der Waals surface area contributed by atoms with E-state index in [0.29, 0.717) is 27.9 Å². The number of halogens is 2. The van der Waals surface area contributed by atoms with Gasteiger partial charge in [0.15, 0.2) is 0 Å². The van der Waals surface area contributed by atoms with Gasteiger partial charge in [-0.25, -0.2) is 0 Å². The van der Waals surface area contributed by atoms with Crippen molar-refractivity contribution < 1.29 is 9.53 Å². The molecule has 6 heteroatoms. The third-order valence-electron chi connectivity index (χ3n) is 3.42. The summed E-state index contributed by atoms with van der Waals surface area (Å²) in [6.07, 6.45) is 0.283. The number of para-hydroxylation sites is 1. The van der Waals surface area contributed by atoms with Gasteiger partial charge < -0.3 is 9.64 Å². The highest BCUT2D eigenvalue weighted by atomic mass is 35.5. The van der Waals surface area contributed by atoms with Crippen molar-refractivity contribution in [3.05, 3.63) is 63.6 Å². The Labute approximate surface area is 151 Å². The van der Waals surface area contributed by atoms with Crippen molar-refractivity contribution in [3.8, 4) is 11.8 Å². The zero-order chi connectivity index (χ0) is 17.5. The summed E-state index contributed by atoms with van der Waals surface area (Å²) in [6.45, 7) is 0.592. The number of carbonyl (C=O) groups is 1. The van der Waals surface area contributed by atoms with E-state index in [0.717, 1.165) is 5.56 Å². The highest BCUT2D eigenvalue weighted by Gasteiger charge is 2.16. The summed E-state index contributed by atoms with van der Waals surface area (Å²) < 4.78 is 5.78. The summed E-state index contributed by atoms with van der Waals surface area (Å²) in [5.74, 6) is 0.278. The molecule has 0 radical (unpaired) electrons. The minimum atomic E-state index is -0.192. The molecule has 0 aliphatic heterocycles. The molecule has 0 bridgehead atoms. The number of ether oxygens (including phenoxy) is 1. The molecule has 0 spiro atoms. The Morgan fingerprint density at radius 1 is 1.25 bits per heavy atom. The van der Waals surface area contributed by atoms with E-state index in [1.54, 1.807) is 49.5 Å². The van der Waals surface area contributed by atoms with Gasteiger partial charge in [0.25, 0.3) is 5.91 Å². The van der Waals surface area contributed by atoms with Crippen molar-refractivity contribution >= 4 is 29.1 Å². The first kappa shape index (κ1) is 18.1. The molecule has 0 saturated heterocycles. The SMILES string of the molecule is CN(CCC#N)C(=O)c1ccccc1OCc1ccc(Cl)cc1Cl.